The molecular weight excluding hydrogens is 260 g/mol. The van der Waals surface area contributed by atoms with E-state index in [1.165, 1.54) is 0 Å². The van der Waals surface area contributed by atoms with E-state index in [0.29, 0.717) is 6.54 Å². The molecule has 1 aromatic carbocycles. The Morgan fingerprint density at radius 1 is 1.15 bits per heavy atom. The normalized spacial score (nSPS) is 11.4. The fraction of sp³-hybridized carbons (Fsp3) is 0.357. The highest BCUT2D eigenvalue weighted by Crippen LogP contribution is 1.98. The van der Waals surface area contributed by atoms with E-state index in [9.17, 15) is 14.4 Å². The molecule has 1 rings (SSSR count). The third-order valence-electron chi connectivity index (χ3n) is 2.65. The number of carbonyl (C=O) groups excluding carboxylic acids is 2. The molecule has 0 spiro atoms. The number of hydrogen-bond acceptors (Lipinski definition) is 3. The zero-order valence-corrected chi connectivity index (χ0v) is 11.3. The Morgan fingerprint density at radius 3 is 2.40 bits per heavy atom. The van der Waals surface area contributed by atoms with Gasteiger partial charge in [0.05, 0.1) is 6.42 Å². The highest BCUT2D eigenvalue weighted by molar-refractivity contribution is 5.88. The second-order valence-corrected chi connectivity index (χ2v) is 4.39. The van der Waals surface area contributed by atoms with E-state index in [0.717, 1.165) is 5.56 Å². The number of amides is 2. The van der Waals surface area contributed by atoms with Gasteiger partial charge in [-0.15, -0.1) is 0 Å². The van der Waals surface area contributed by atoms with E-state index in [1.807, 2.05) is 30.3 Å². The van der Waals surface area contributed by atoms with Crippen LogP contribution < -0.4 is 10.6 Å². The van der Waals surface area contributed by atoms with E-state index >= 15 is 0 Å². The van der Waals surface area contributed by atoms with E-state index in [4.69, 9.17) is 5.11 Å². The Bertz CT molecular complexity index is 473. The van der Waals surface area contributed by atoms with Gasteiger partial charge in [-0.3, -0.25) is 14.4 Å². The van der Waals surface area contributed by atoms with E-state index in [-0.39, 0.29) is 18.7 Å². The molecule has 0 aliphatic rings. The van der Waals surface area contributed by atoms with Crippen molar-refractivity contribution >= 4 is 17.8 Å². The Hall–Kier alpha value is -2.37. The molecule has 0 bridgehead atoms. The minimum atomic E-state index is -1.04. The third kappa shape index (κ3) is 5.99. The third-order valence-corrected chi connectivity index (χ3v) is 2.65. The lowest BCUT2D eigenvalue weighted by molar-refractivity contribution is -0.139. The van der Waals surface area contributed by atoms with Crippen molar-refractivity contribution in [2.75, 3.05) is 0 Å². The van der Waals surface area contributed by atoms with Crippen molar-refractivity contribution in [1.29, 1.82) is 0 Å². The van der Waals surface area contributed by atoms with Crippen LogP contribution in [0.3, 0.4) is 0 Å². The first kappa shape index (κ1) is 15.7. The molecule has 6 nitrogen and oxygen atoms in total. The summed E-state index contributed by atoms with van der Waals surface area (Å²) >= 11 is 0. The number of aliphatic carboxylic acids is 1. The van der Waals surface area contributed by atoms with Crippen molar-refractivity contribution in [3.63, 3.8) is 0 Å². The number of carboxylic acids is 1. The Balaban J connectivity index is 2.32. The molecule has 20 heavy (non-hydrogen) atoms. The largest absolute Gasteiger partial charge is 0.481 e. The van der Waals surface area contributed by atoms with Crippen molar-refractivity contribution in [1.82, 2.24) is 10.6 Å². The first-order valence-corrected chi connectivity index (χ1v) is 6.32. The molecule has 1 atom stereocenters. The maximum atomic E-state index is 11.7. The lowest BCUT2D eigenvalue weighted by Gasteiger charge is -2.13. The Labute approximate surface area is 117 Å². The van der Waals surface area contributed by atoms with Crippen molar-refractivity contribution in [2.24, 2.45) is 0 Å². The SMILES string of the molecule is CC(NC(=O)CCC(=O)O)C(=O)NCc1ccccc1. The fourth-order valence-corrected chi connectivity index (χ4v) is 1.54. The molecular formula is C14H18N2O4. The molecule has 2 amide bonds. The maximum Gasteiger partial charge on any atom is 0.303 e. The average molecular weight is 278 g/mol. The lowest BCUT2D eigenvalue weighted by atomic mass is 10.2. The average Bonchev–Trinajstić information content (AvgIpc) is 2.43. The fourth-order valence-electron chi connectivity index (χ4n) is 1.54. The van der Waals surface area contributed by atoms with Crippen LogP contribution in [0.5, 0.6) is 0 Å². The van der Waals surface area contributed by atoms with Crippen molar-refractivity contribution in [3.8, 4) is 0 Å². The van der Waals surface area contributed by atoms with Gasteiger partial charge in [0.2, 0.25) is 11.8 Å². The molecule has 0 heterocycles. The van der Waals surface area contributed by atoms with E-state index in [1.54, 1.807) is 6.92 Å². The maximum absolute atomic E-state index is 11.7. The minimum Gasteiger partial charge on any atom is -0.481 e. The van der Waals surface area contributed by atoms with Gasteiger partial charge in [0.15, 0.2) is 0 Å². The number of rotatable bonds is 7. The van der Waals surface area contributed by atoms with Crippen LogP contribution in [0, 0.1) is 0 Å². The van der Waals surface area contributed by atoms with E-state index in [2.05, 4.69) is 10.6 Å². The molecule has 1 unspecified atom stereocenters. The predicted molar refractivity (Wildman–Crippen MR) is 72.8 cm³/mol. The summed E-state index contributed by atoms with van der Waals surface area (Å²) in [6.07, 6.45) is -0.379. The quantitative estimate of drug-likeness (QED) is 0.683. The first-order valence-electron chi connectivity index (χ1n) is 6.32. The van der Waals surface area contributed by atoms with Crippen LogP contribution in [0.15, 0.2) is 30.3 Å². The highest BCUT2D eigenvalue weighted by atomic mass is 16.4. The monoisotopic (exact) mass is 278 g/mol. The summed E-state index contributed by atoms with van der Waals surface area (Å²) in [6, 6.07) is 8.71. The summed E-state index contributed by atoms with van der Waals surface area (Å²) in [6.45, 7) is 1.94. The van der Waals surface area contributed by atoms with Gasteiger partial charge in [0.1, 0.15) is 6.04 Å². The second-order valence-electron chi connectivity index (χ2n) is 4.39. The van der Waals surface area contributed by atoms with Gasteiger partial charge in [-0.2, -0.15) is 0 Å². The number of nitrogens with one attached hydrogen (secondary N) is 2. The zero-order valence-electron chi connectivity index (χ0n) is 11.3. The summed E-state index contributed by atoms with van der Waals surface area (Å²) in [7, 11) is 0. The Morgan fingerprint density at radius 2 is 1.80 bits per heavy atom. The van der Waals surface area contributed by atoms with Crippen LogP contribution in [0.4, 0.5) is 0 Å². The standard InChI is InChI=1S/C14H18N2O4/c1-10(16-12(17)7-8-13(18)19)14(20)15-9-11-5-3-2-4-6-11/h2-6,10H,7-9H2,1H3,(H,15,20)(H,16,17)(H,18,19). The molecule has 0 aliphatic heterocycles. The molecule has 6 heteroatoms. The van der Waals surface area contributed by atoms with Gasteiger partial charge in [-0.25, -0.2) is 0 Å². The van der Waals surface area contributed by atoms with Crippen LogP contribution in [0.1, 0.15) is 25.3 Å². The molecule has 0 aromatic heterocycles. The van der Waals surface area contributed by atoms with Crippen molar-refractivity contribution in [3.05, 3.63) is 35.9 Å². The highest BCUT2D eigenvalue weighted by Gasteiger charge is 2.15. The number of carbonyl (C=O) groups is 3. The number of hydrogen-bond donors (Lipinski definition) is 3. The van der Waals surface area contributed by atoms with Crippen molar-refractivity contribution in [2.45, 2.75) is 32.4 Å². The molecule has 0 saturated heterocycles. The summed E-state index contributed by atoms with van der Waals surface area (Å²) < 4.78 is 0. The molecule has 3 N–H and O–H groups in total. The molecule has 1 aromatic rings. The van der Waals surface area contributed by atoms with Crippen molar-refractivity contribution < 1.29 is 19.5 Å². The summed E-state index contributed by atoms with van der Waals surface area (Å²) in [4.78, 5) is 33.5. The number of benzene rings is 1. The minimum absolute atomic E-state index is 0.133. The first-order chi connectivity index (χ1) is 9.49. The van der Waals surface area contributed by atoms with E-state index < -0.39 is 17.9 Å². The van der Waals surface area contributed by atoms with Gasteiger partial charge in [0, 0.05) is 13.0 Å². The number of carboxylic acid groups (broad SMARTS) is 1. The van der Waals surface area contributed by atoms with Gasteiger partial charge in [0.25, 0.3) is 0 Å². The van der Waals surface area contributed by atoms with Gasteiger partial charge >= 0.3 is 5.97 Å². The summed E-state index contributed by atoms with van der Waals surface area (Å²) in [5.74, 6) is -1.80. The van der Waals surface area contributed by atoms with Gasteiger partial charge in [-0.05, 0) is 12.5 Å². The molecule has 108 valence electrons. The molecule has 0 radical (unpaired) electrons. The lowest BCUT2D eigenvalue weighted by Crippen LogP contribution is -2.44. The predicted octanol–water partition coefficient (Wildman–Crippen LogP) is 0.672. The van der Waals surface area contributed by atoms with Gasteiger partial charge < -0.3 is 15.7 Å². The van der Waals surface area contributed by atoms with Crippen LogP contribution in [-0.4, -0.2) is 28.9 Å². The second kappa shape index (κ2) is 7.93. The van der Waals surface area contributed by atoms with Crippen LogP contribution in [0.2, 0.25) is 0 Å². The zero-order chi connectivity index (χ0) is 15.0. The topological polar surface area (TPSA) is 95.5 Å². The smallest absolute Gasteiger partial charge is 0.303 e. The van der Waals surface area contributed by atoms with Crippen LogP contribution in [0.25, 0.3) is 0 Å². The molecule has 0 saturated carbocycles. The summed E-state index contributed by atoms with van der Waals surface area (Å²) in [5, 5.41) is 13.6. The van der Waals surface area contributed by atoms with Crippen LogP contribution in [-0.2, 0) is 20.9 Å². The molecule has 0 aliphatic carbocycles. The molecule has 0 fully saturated rings. The Kier molecular flexibility index (Phi) is 6.22. The summed E-state index contributed by atoms with van der Waals surface area (Å²) in [5.41, 5.74) is 0.963. The van der Waals surface area contributed by atoms with Gasteiger partial charge in [-0.1, -0.05) is 30.3 Å². The van der Waals surface area contributed by atoms with Crippen LogP contribution >= 0.6 is 0 Å².